The molecule has 1 saturated carbocycles. The quantitative estimate of drug-likeness (QED) is 0.488. The number of halogens is 4. The lowest BCUT2D eigenvalue weighted by Crippen LogP contribution is -2.53. The number of hydrogen-bond acceptors (Lipinski definition) is 6. The fourth-order valence-corrected chi connectivity index (χ4v) is 5.85. The van der Waals surface area contributed by atoms with Crippen LogP contribution < -0.4 is 10.5 Å². The smallest absolute Gasteiger partial charge is 0.395 e. The van der Waals surface area contributed by atoms with Crippen molar-refractivity contribution in [1.82, 2.24) is 19.8 Å². The van der Waals surface area contributed by atoms with Crippen molar-refractivity contribution >= 4 is 11.8 Å². The van der Waals surface area contributed by atoms with Crippen LogP contribution in [0.4, 0.5) is 17.6 Å². The molecule has 0 spiro atoms. The number of likely N-dealkylation sites (tertiary alicyclic amines) is 2. The number of nitrogens with two attached hydrogens (primary N) is 1. The Bertz CT molecular complexity index is 1200. The lowest BCUT2D eigenvalue weighted by Gasteiger charge is -2.47. The average molecular weight is 564 g/mol. The molecule has 3 fully saturated rings. The van der Waals surface area contributed by atoms with Gasteiger partial charge in [0.05, 0.1) is 36.7 Å². The van der Waals surface area contributed by atoms with Gasteiger partial charge in [-0.15, -0.1) is 0 Å². The molecule has 2 N–H and O–H groups in total. The minimum atomic E-state index is -4.14. The third-order valence-electron chi connectivity index (χ3n) is 8.51. The normalized spacial score (nSPS) is 23.6. The van der Waals surface area contributed by atoms with E-state index in [1.807, 2.05) is 4.90 Å². The maximum atomic E-state index is 13.8. The topological polar surface area (TPSA) is 102 Å². The summed E-state index contributed by atoms with van der Waals surface area (Å²) in [5.74, 6) is -0.589. The van der Waals surface area contributed by atoms with Gasteiger partial charge in [-0.1, -0.05) is 18.6 Å². The number of carbonyl (C=O) groups excluding carboxylic acids is 2. The molecule has 1 aliphatic carbocycles. The predicted octanol–water partition coefficient (Wildman–Crippen LogP) is 4.00. The van der Waals surface area contributed by atoms with Gasteiger partial charge < -0.3 is 20.3 Å². The molecule has 8 nitrogen and oxygen atoms in total. The maximum Gasteiger partial charge on any atom is 0.395 e. The van der Waals surface area contributed by atoms with E-state index in [1.165, 1.54) is 11.1 Å². The average Bonchev–Trinajstić information content (AvgIpc) is 3.31. The van der Waals surface area contributed by atoms with Crippen molar-refractivity contribution in [2.75, 3.05) is 32.8 Å². The van der Waals surface area contributed by atoms with Crippen molar-refractivity contribution < 1.29 is 31.9 Å². The second kappa shape index (κ2) is 11.3. The number of aromatic nitrogens is 2. The van der Waals surface area contributed by atoms with Crippen molar-refractivity contribution in [1.29, 1.82) is 0 Å². The van der Waals surface area contributed by atoms with Crippen LogP contribution in [0.1, 0.15) is 48.9 Å². The van der Waals surface area contributed by atoms with Gasteiger partial charge in [0.15, 0.2) is 0 Å². The Balaban J connectivity index is 1.10. The highest BCUT2D eigenvalue weighted by Crippen LogP contribution is 2.53. The highest BCUT2D eigenvalue weighted by Gasteiger charge is 2.58. The summed E-state index contributed by atoms with van der Waals surface area (Å²) < 4.78 is 60.1. The molecule has 216 valence electrons. The van der Waals surface area contributed by atoms with Crippen molar-refractivity contribution in [2.45, 2.75) is 56.9 Å². The van der Waals surface area contributed by atoms with E-state index in [2.05, 4.69) is 9.97 Å². The van der Waals surface area contributed by atoms with Crippen LogP contribution in [0.25, 0.3) is 11.3 Å². The second-order valence-corrected chi connectivity index (χ2v) is 11.2. The number of primary amides is 1. The Morgan fingerprint density at radius 2 is 1.77 bits per heavy atom. The van der Waals surface area contributed by atoms with E-state index in [-0.39, 0.29) is 38.3 Å². The number of benzene rings is 1. The third kappa shape index (κ3) is 5.91. The molecule has 2 saturated heterocycles. The largest absolute Gasteiger partial charge is 0.476 e. The number of alkyl halides is 4. The summed E-state index contributed by atoms with van der Waals surface area (Å²) in [4.78, 5) is 36.2. The van der Waals surface area contributed by atoms with Gasteiger partial charge in [-0.25, -0.2) is 14.4 Å². The first-order chi connectivity index (χ1) is 19.0. The number of carbonyl (C=O) groups is 2. The maximum absolute atomic E-state index is 13.8. The van der Waals surface area contributed by atoms with Gasteiger partial charge in [-0.3, -0.25) is 9.59 Å². The number of amides is 2. The third-order valence-corrected chi connectivity index (χ3v) is 8.51. The first kappa shape index (κ1) is 28.3. The molecule has 0 bridgehead atoms. The summed E-state index contributed by atoms with van der Waals surface area (Å²) in [5.41, 5.74) is 5.39. The fourth-order valence-electron chi connectivity index (χ4n) is 5.85. The van der Waals surface area contributed by atoms with E-state index in [4.69, 9.17) is 10.5 Å². The summed E-state index contributed by atoms with van der Waals surface area (Å²) in [6.45, 7) is 1.61. The lowest BCUT2D eigenvalue weighted by atomic mass is 9.67. The van der Waals surface area contributed by atoms with Crippen molar-refractivity contribution in [3.8, 4) is 17.1 Å². The zero-order chi connectivity index (χ0) is 28.5. The van der Waals surface area contributed by atoms with Gasteiger partial charge in [0.2, 0.25) is 11.8 Å². The lowest BCUT2D eigenvalue weighted by molar-refractivity contribution is -0.256. The summed E-state index contributed by atoms with van der Waals surface area (Å²) in [6.07, 6.45) is 0.200. The van der Waals surface area contributed by atoms with Crippen molar-refractivity contribution in [2.24, 2.45) is 17.1 Å². The molecule has 12 heteroatoms. The standard InChI is InChI=1S/C28H33F4N5O3/c29-21-12-23(25(33)38)37(15-21)26(39)20-4-2-19(3-5-20)22-13-35-24(14-34-22)40-16-18-6-10-36(11-7-18)17-27(8-1-9-27)28(30,31)32/h2-5,13-14,18,21,23H,1,6-12,15-17H2,(H2,33,38)/t21-,23-/m0/s1. The SMILES string of the molecule is NC(=O)[C@@H]1C[C@H](F)CN1C(=O)c1ccc(-c2cnc(OCC3CCN(CC4(C(F)(F)F)CCC4)CC3)cn2)cc1. The molecule has 40 heavy (non-hydrogen) atoms. The number of nitrogens with zero attached hydrogens (tertiary/aromatic N) is 4. The van der Waals surface area contributed by atoms with Crippen LogP contribution in [0.3, 0.4) is 0 Å². The molecule has 3 aliphatic rings. The van der Waals surface area contributed by atoms with E-state index in [9.17, 15) is 27.2 Å². The van der Waals surface area contributed by atoms with Crippen LogP contribution in [0.15, 0.2) is 36.7 Å². The molecule has 2 atom stereocenters. The Morgan fingerprint density at radius 1 is 1.07 bits per heavy atom. The summed E-state index contributed by atoms with van der Waals surface area (Å²) in [5, 5.41) is 0. The number of piperidine rings is 1. The minimum absolute atomic E-state index is 0.0923. The molecule has 2 amide bonds. The molecule has 1 aromatic carbocycles. The molecule has 3 heterocycles. The Labute approximate surface area is 229 Å². The first-order valence-corrected chi connectivity index (χ1v) is 13.6. The van der Waals surface area contributed by atoms with E-state index >= 15 is 0 Å². The van der Waals surface area contributed by atoms with Gasteiger partial charge >= 0.3 is 6.18 Å². The zero-order valence-electron chi connectivity index (χ0n) is 22.1. The van der Waals surface area contributed by atoms with Crippen LogP contribution in [0, 0.1) is 11.3 Å². The molecule has 0 radical (unpaired) electrons. The van der Waals surface area contributed by atoms with Gasteiger partial charge in [0.25, 0.3) is 5.91 Å². The van der Waals surface area contributed by atoms with E-state index in [0.717, 1.165) is 12.8 Å². The highest BCUT2D eigenvalue weighted by atomic mass is 19.4. The first-order valence-electron chi connectivity index (χ1n) is 13.6. The molecule has 2 aliphatic heterocycles. The Morgan fingerprint density at radius 3 is 2.33 bits per heavy atom. The van der Waals surface area contributed by atoms with Crippen LogP contribution in [0.5, 0.6) is 5.88 Å². The highest BCUT2D eigenvalue weighted by molar-refractivity contribution is 5.98. The van der Waals surface area contributed by atoms with Gasteiger partial charge in [-0.05, 0) is 56.8 Å². The van der Waals surface area contributed by atoms with Crippen molar-refractivity contribution in [3.63, 3.8) is 0 Å². The minimum Gasteiger partial charge on any atom is -0.476 e. The Hall–Kier alpha value is -3.28. The van der Waals surface area contributed by atoms with Crippen LogP contribution in [0.2, 0.25) is 0 Å². The molecular weight excluding hydrogens is 530 g/mol. The fraction of sp³-hybridized carbons (Fsp3) is 0.571. The molecule has 1 aromatic heterocycles. The van der Waals surface area contributed by atoms with Gasteiger partial charge in [-0.2, -0.15) is 13.2 Å². The van der Waals surface area contributed by atoms with E-state index in [1.54, 1.807) is 30.5 Å². The summed E-state index contributed by atoms with van der Waals surface area (Å²) in [6, 6.07) is 5.60. The molecule has 0 unspecified atom stereocenters. The predicted molar refractivity (Wildman–Crippen MR) is 138 cm³/mol. The van der Waals surface area contributed by atoms with Crippen molar-refractivity contribution in [3.05, 3.63) is 42.2 Å². The van der Waals surface area contributed by atoms with Crippen LogP contribution >= 0.6 is 0 Å². The van der Waals surface area contributed by atoms with E-state index in [0.29, 0.717) is 48.8 Å². The molecule has 2 aromatic rings. The molecule has 5 rings (SSSR count). The number of rotatable bonds is 8. The second-order valence-electron chi connectivity index (χ2n) is 11.2. The zero-order valence-corrected chi connectivity index (χ0v) is 22.1. The summed E-state index contributed by atoms with van der Waals surface area (Å²) in [7, 11) is 0. The Kier molecular flexibility index (Phi) is 7.98. The van der Waals surface area contributed by atoms with Gasteiger partial charge in [0, 0.05) is 24.1 Å². The number of ether oxygens (including phenoxy) is 1. The van der Waals surface area contributed by atoms with Gasteiger partial charge in [0.1, 0.15) is 12.2 Å². The summed E-state index contributed by atoms with van der Waals surface area (Å²) >= 11 is 0. The monoisotopic (exact) mass is 563 g/mol. The molecular formula is C28H33F4N5O3. The van der Waals surface area contributed by atoms with Crippen LogP contribution in [-0.2, 0) is 4.79 Å². The number of hydrogen-bond donors (Lipinski definition) is 1. The van der Waals surface area contributed by atoms with E-state index < -0.39 is 35.6 Å². The van der Waals surface area contributed by atoms with Crippen LogP contribution in [-0.4, -0.2) is 82.8 Å².